The summed E-state index contributed by atoms with van der Waals surface area (Å²) < 4.78 is 0. The van der Waals surface area contributed by atoms with Crippen molar-refractivity contribution in [2.24, 2.45) is 5.41 Å². The van der Waals surface area contributed by atoms with Gasteiger partial charge in [-0.05, 0) is 89.1 Å². The highest BCUT2D eigenvalue weighted by Crippen LogP contribution is 2.27. The Morgan fingerprint density at radius 2 is 1.84 bits per heavy atom. The van der Waals surface area contributed by atoms with Crippen LogP contribution in [-0.2, 0) is 4.79 Å². The molecule has 1 aromatic carbocycles. The number of benzene rings is 1. The molecule has 1 aromatic rings. The molecule has 0 aromatic heterocycles. The van der Waals surface area contributed by atoms with E-state index < -0.39 is 5.54 Å². The number of anilines is 1. The van der Waals surface area contributed by atoms with Gasteiger partial charge in [-0.3, -0.25) is 9.59 Å². The van der Waals surface area contributed by atoms with Crippen LogP contribution in [0.5, 0.6) is 0 Å². The van der Waals surface area contributed by atoms with Gasteiger partial charge in [0, 0.05) is 28.4 Å². The first kappa shape index (κ1) is 36.8. The van der Waals surface area contributed by atoms with Crippen molar-refractivity contribution in [1.82, 2.24) is 10.2 Å². The smallest absolute Gasteiger partial charge is 0.249 e. The van der Waals surface area contributed by atoms with Gasteiger partial charge in [0.25, 0.3) is 0 Å². The number of aryl methyl sites for hydroxylation is 1. The van der Waals surface area contributed by atoms with E-state index in [4.69, 9.17) is 0 Å². The Bertz CT molecular complexity index is 875. The zero-order valence-corrected chi connectivity index (χ0v) is 26.0. The summed E-state index contributed by atoms with van der Waals surface area (Å²) in [7, 11) is 2.21. The van der Waals surface area contributed by atoms with Crippen LogP contribution in [-0.4, -0.2) is 48.5 Å². The molecule has 0 aliphatic carbocycles. The molecule has 0 spiro atoms. The third kappa shape index (κ3) is 14.3. The largest absolute Gasteiger partial charge is 0.371 e. The van der Waals surface area contributed by atoms with Gasteiger partial charge in [0.1, 0.15) is 11.8 Å². The molecule has 0 saturated carbocycles. The Hall–Kier alpha value is -2.31. The van der Waals surface area contributed by atoms with Crippen molar-refractivity contribution in [2.75, 3.05) is 31.2 Å². The molecule has 1 amide bonds. The van der Waals surface area contributed by atoms with Gasteiger partial charge >= 0.3 is 0 Å². The Morgan fingerprint density at radius 3 is 2.24 bits per heavy atom. The fourth-order valence-corrected chi connectivity index (χ4v) is 4.59. The summed E-state index contributed by atoms with van der Waals surface area (Å²) in [5, 5.41) is 6.08. The number of hydrogen-bond donors (Lipinski definition) is 2. The monoisotopic (exact) mass is 531 g/mol. The molecule has 1 fully saturated rings. The highest BCUT2D eigenvalue weighted by atomic mass is 32.2. The molecule has 210 valence electrons. The van der Waals surface area contributed by atoms with Crippen LogP contribution in [0.4, 0.5) is 5.69 Å². The number of likely N-dealkylation sites (tertiary alicyclic amines) is 1. The van der Waals surface area contributed by atoms with Gasteiger partial charge < -0.3 is 15.5 Å². The second-order valence-corrected chi connectivity index (χ2v) is 11.3. The number of piperidine rings is 1. The van der Waals surface area contributed by atoms with Crippen molar-refractivity contribution < 1.29 is 9.59 Å². The lowest BCUT2D eigenvalue weighted by Crippen LogP contribution is -2.49. The van der Waals surface area contributed by atoms with Crippen LogP contribution in [0.15, 0.2) is 54.6 Å². The number of hydrogen-bond acceptors (Lipinski definition) is 5. The molecular weight excluding hydrogens is 478 g/mol. The van der Waals surface area contributed by atoms with Gasteiger partial charge in [-0.2, -0.15) is 0 Å². The van der Waals surface area contributed by atoms with Gasteiger partial charge in [0.2, 0.25) is 5.91 Å². The Balaban J connectivity index is 0. The maximum atomic E-state index is 12.6. The van der Waals surface area contributed by atoms with Gasteiger partial charge in [-0.15, -0.1) is 24.9 Å². The first-order valence-electron chi connectivity index (χ1n) is 13.2. The Morgan fingerprint density at radius 1 is 1.24 bits per heavy atom. The van der Waals surface area contributed by atoms with Crippen LogP contribution in [0.25, 0.3) is 0 Å². The summed E-state index contributed by atoms with van der Waals surface area (Å²) in [6.45, 7) is 30.8. The van der Waals surface area contributed by atoms with Crippen LogP contribution in [0.1, 0.15) is 84.2 Å². The zero-order valence-electron chi connectivity index (χ0n) is 25.2. The predicted molar refractivity (Wildman–Crippen MR) is 167 cm³/mol. The lowest BCUT2D eigenvalue weighted by atomic mass is 9.84. The molecule has 0 radical (unpaired) electrons. The third-order valence-electron chi connectivity index (χ3n) is 5.64. The van der Waals surface area contributed by atoms with Gasteiger partial charge in [-0.25, -0.2) is 0 Å². The highest BCUT2D eigenvalue weighted by Gasteiger charge is 2.28. The van der Waals surface area contributed by atoms with Gasteiger partial charge in [-0.1, -0.05) is 47.3 Å². The van der Waals surface area contributed by atoms with E-state index in [1.54, 1.807) is 30.0 Å². The number of rotatable bonds is 8. The number of carbonyl (C=O) groups excluding carboxylic acids is 2. The molecule has 1 aliphatic heterocycles. The average Bonchev–Trinajstić information content (AvgIpc) is 2.84. The second-order valence-electron chi connectivity index (χ2n) is 9.96. The van der Waals surface area contributed by atoms with Crippen LogP contribution in [0, 0.1) is 12.3 Å². The summed E-state index contributed by atoms with van der Waals surface area (Å²) >= 11 is 1.68. The van der Waals surface area contributed by atoms with Crippen LogP contribution >= 0.6 is 11.8 Å². The van der Waals surface area contributed by atoms with E-state index in [-0.39, 0.29) is 5.91 Å². The molecule has 1 aliphatic rings. The first-order chi connectivity index (χ1) is 17.3. The predicted octanol–water partition coefficient (Wildman–Crippen LogP) is 7.85. The minimum atomic E-state index is -0.823. The van der Waals surface area contributed by atoms with Crippen molar-refractivity contribution in [3.8, 4) is 0 Å². The summed E-state index contributed by atoms with van der Waals surface area (Å²) in [6, 6.07) is 5.22. The summed E-state index contributed by atoms with van der Waals surface area (Å²) in [6.07, 6.45) is 5.57. The standard InChI is InChI=1S/C19H26N2O2S.C8H17N.C2H6.C2H4/c1-7-17(24-8-2)14(4)21-19(5,6)18(23)20-16-10-9-15(12-22)13(3)11-16;1-8(2)5-4-6-9(3)7-8;2*1-2/h7,9-12,21H,4,8H2,1-3,5-6H3,(H,20,23);4-7H2,1-3H3;1-2H3;1-2H2/b17-7-;;;. The number of amides is 1. The molecule has 1 heterocycles. The van der Waals surface area contributed by atoms with E-state index >= 15 is 0 Å². The Labute approximate surface area is 232 Å². The lowest BCUT2D eigenvalue weighted by Gasteiger charge is -2.35. The van der Waals surface area contributed by atoms with E-state index in [1.807, 2.05) is 47.6 Å². The molecule has 0 bridgehead atoms. The van der Waals surface area contributed by atoms with Gasteiger partial charge in [0.05, 0.1) is 0 Å². The van der Waals surface area contributed by atoms with Crippen molar-refractivity contribution in [3.63, 3.8) is 0 Å². The fourth-order valence-electron chi connectivity index (χ4n) is 3.89. The molecule has 5 nitrogen and oxygen atoms in total. The second kappa shape index (κ2) is 18.9. The molecule has 0 atom stereocenters. The quantitative estimate of drug-likeness (QED) is 0.203. The molecule has 0 unspecified atom stereocenters. The molecular formula is C31H53N3O2S. The van der Waals surface area contributed by atoms with E-state index in [2.05, 4.69) is 63.1 Å². The molecule has 37 heavy (non-hydrogen) atoms. The number of aldehydes is 1. The van der Waals surface area contributed by atoms with E-state index in [0.717, 1.165) is 28.2 Å². The minimum absolute atomic E-state index is 0.168. The van der Waals surface area contributed by atoms with Crippen LogP contribution in [0.2, 0.25) is 0 Å². The van der Waals surface area contributed by atoms with Crippen LogP contribution < -0.4 is 10.6 Å². The average molecular weight is 532 g/mol. The maximum Gasteiger partial charge on any atom is 0.249 e. The zero-order chi connectivity index (χ0) is 29.2. The molecule has 2 N–H and O–H groups in total. The van der Waals surface area contributed by atoms with Crippen molar-refractivity contribution in [1.29, 1.82) is 0 Å². The number of thioether (sulfide) groups is 1. The van der Waals surface area contributed by atoms with E-state index in [9.17, 15) is 9.59 Å². The summed E-state index contributed by atoms with van der Waals surface area (Å²) in [5.41, 5.74) is 2.60. The lowest BCUT2D eigenvalue weighted by molar-refractivity contribution is -0.120. The maximum absolute atomic E-state index is 12.6. The van der Waals surface area contributed by atoms with Crippen molar-refractivity contribution >= 4 is 29.6 Å². The highest BCUT2D eigenvalue weighted by molar-refractivity contribution is 8.03. The summed E-state index contributed by atoms with van der Waals surface area (Å²) in [5.74, 6) is 0.772. The topological polar surface area (TPSA) is 61.4 Å². The van der Waals surface area contributed by atoms with E-state index in [1.165, 1.54) is 25.9 Å². The van der Waals surface area contributed by atoms with Crippen molar-refractivity contribution in [3.05, 3.63) is 65.7 Å². The number of carbonyl (C=O) groups is 2. The number of nitrogens with one attached hydrogen (secondary N) is 2. The SMILES string of the molecule is C=C.C=C(NC(C)(C)C(=O)Nc1ccc(C=O)c(C)c1)/C(=C/C)SCC.CC.CN1CCCC(C)(C)C1. The molecule has 1 saturated heterocycles. The van der Waals surface area contributed by atoms with Crippen LogP contribution in [0.3, 0.4) is 0 Å². The van der Waals surface area contributed by atoms with Gasteiger partial charge in [0.15, 0.2) is 0 Å². The Kier molecular flexibility index (Phi) is 18.8. The summed E-state index contributed by atoms with van der Waals surface area (Å²) in [4.78, 5) is 26.9. The molecule has 6 heteroatoms. The molecule has 2 rings (SSSR count). The van der Waals surface area contributed by atoms with E-state index in [0.29, 0.717) is 16.7 Å². The van der Waals surface area contributed by atoms with Crippen molar-refractivity contribution in [2.45, 2.75) is 80.7 Å². The third-order valence-corrected chi connectivity index (χ3v) is 6.72. The normalized spacial score (nSPS) is 14.8. The first-order valence-corrected chi connectivity index (χ1v) is 14.2. The number of nitrogens with zero attached hydrogens (tertiary/aromatic N) is 1. The minimum Gasteiger partial charge on any atom is -0.371 e. The fraction of sp³-hybridized carbons (Fsp3) is 0.548. The number of allylic oxidation sites excluding steroid dienone is 1.